The van der Waals surface area contributed by atoms with E-state index in [-0.39, 0.29) is 11.3 Å². The molecule has 1 N–H and O–H groups in total. The van der Waals surface area contributed by atoms with Gasteiger partial charge in [0.25, 0.3) is 11.7 Å². The second-order valence-corrected chi connectivity index (χ2v) is 8.55. The lowest BCUT2D eigenvalue weighted by Crippen LogP contribution is -2.31. The fourth-order valence-corrected chi connectivity index (χ4v) is 4.30. The lowest BCUT2D eigenvalue weighted by Gasteiger charge is -2.25. The number of likely N-dealkylation sites (tertiary alicyclic amines) is 1. The van der Waals surface area contributed by atoms with E-state index in [0.29, 0.717) is 37.5 Å². The van der Waals surface area contributed by atoms with Gasteiger partial charge in [-0.2, -0.15) is 0 Å². The van der Waals surface area contributed by atoms with Gasteiger partial charge in [0.15, 0.2) is 0 Å². The largest absolute Gasteiger partial charge is 0.507 e. The fourth-order valence-electron chi connectivity index (χ4n) is 4.30. The van der Waals surface area contributed by atoms with Crippen LogP contribution in [0.3, 0.4) is 0 Å². The Morgan fingerprint density at radius 3 is 2.40 bits per heavy atom. The zero-order valence-electron chi connectivity index (χ0n) is 19.9. The quantitative estimate of drug-likeness (QED) is 0.205. The number of Topliss-reactive ketones (excluding diaryl/α,β-unsaturated/α-hetero) is 1. The predicted molar refractivity (Wildman–Crippen MR) is 134 cm³/mol. The van der Waals surface area contributed by atoms with Crippen LogP contribution >= 0.6 is 0 Å². The van der Waals surface area contributed by atoms with E-state index in [1.165, 1.54) is 4.90 Å². The molecule has 180 valence electrons. The fraction of sp³-hybridized carbons (Fsp3) is 0.241. The molecule has 3 aromatic rings. The monoisotopic (exact) mass is 471 g/mol. The van der Waals surface area contributed by atoms with Crippen LogP contribution in [-0.2, 0) is 20.9 Å². The SMILES string of the molecule is COCCCN1C(=O)C(=O)C(=C(O)c2ccc(OCc3cccc(C)c3)cc2)C1c1ccccc1. The minimum absolute atomic E-state index is 0.0899. The highest BCUT2D eigenvalue weighted by molar-refractivity contribution is 6.46. The van der Waals surface area contributed by atoms with Crippen LogP contribution in [0.25, 0.3) is 5.76 Å². The van der Waals surface area contributed by atoms with E-state index in [1.54, 1.807) is 31.4 Å². The molecule has 6 nitrogen and oxygen atoms in total. The summed E-state index contributed by atoms with van der Waals surface area (Å²) in [6.45, 7) is 3.27. The molecule has 1 atom stereocenters. The zero-order valence-corrected chi connectivity index (χ0v) is 19.9. The van der Waals surface area contributed by atoms with Gasteiger partial charge in [-0.3, -0.25) is 9.59 Å². The van der Waals surface area contributed by atoms with Gasteiger partial charge in [0.1, 0.15) is 18.1 Å². The molecule has 0 radical (unpaired) electrons. The van der Waals surface area contributed by atoms with Gasteiger partial charge in [0, 0.05) is 25.8 Å². The smallest absolute Gasteiger partial charge is 0.295 e. The van der Waals surface area contributed by atoms with E-state index in [2.05, 4.69) is 6.07 Å². The Balaban J connectivity index is 1.61. The first kappa shape index (κ1) is 24.2. The molecular weight excluding hydrogens is 442 g/mol. The maximum atomic E-state index is 13.0. The third-order valence-electron chi connectivity index (χ3n) is 6.02. The number of ketones is 1. The second kappa shape index (κ2) is 11.0. The van der Waals surface area contributed by atoms with Crippen LogP contribution in [0.2, 0.25) is 0 Å². The van der Waals surface area contributed by atoms with Crippen LogP contribution in [0.5, 0.6) is 5.75 Å². The van der Waals surface area contributed by atoms with Crippen molar-refractivity contribution in [2.75, 3.05) is 20.3 Å². The Bertz CT molecular complexity index is 1220. The molecule has 1 amide bonds. The molecule has 0 aliphatic carbocycles. The molecule has 0 bridgehead atoms. The third-order valence-corrected chi connectivity index (χ3v) is 6.02. The lowest BCUT2D eigenvalue weighted by molar-refractivity contribution is -0.140. The van der Waals surface area contributed by atoms with Crippen molar-refractivity contribution in [1.82, 2.24) is 4.90 Å². The highest BCUT2D eigenvalue weighted by Gasteiger charge is 2.45. The van der Waals surface area contributed by atoms with Crippen molar-refractivity contribution in [3.63, 3.8) is 0 Å². The average molecular weight is 472 g/mol. The number of hydrogen-bond acceptors (Lipinski definition) is 5. The number of aliphatic hydroxyl groups is 1. The van der Waals surface area contributed by atoms with Crippen molar-refractivity contribution in [1.29, 1.82) is 0 Å². The first-order valence-corrected chi connectivity index (χ1v) is 11.6. The number of ether oxygens (including phenoxy) is 2. The number of carbonyl (C=O) groups is 2. The molecule has 1 heterocycles. The van der Waals surface area contributed by atoms with E-state index in [9.17, 15) is 14.7 Å². The highest BCUT2D eigenvalue weighted by atomic mass is 16.5. The van der Waals surface area contributed by atoms with Gasteiger partial charge in [0.05, 0.1) is 11.6 Å². The summed E-state index contributed by atoms with van der Waals surface area (Å²) >= 11 is 0. The van der Waals surface area contributed by atoms with E-state index < -0.39 is 17.7 Å². The Morgan fingerprint density at radius 2 is 1.71 bits per heavy atom. The summed E-state index contributed by atoms with van der Waals surface area (Å²) in [5.74, 6) is -0.859. The number of methoxy groups -OCH3 is 1. The molecule has 1 fully saturated rings. The molecular formula is C29H29NO5. The van der Waals surface area contributed by atoms with E-state index in [1.807, 2.05) is 55.5 Å². The highest BCUT2D eigenvalue weighted by Crippen LogP contribution is 2.39. The second-order valence-electron chi connectivity index (χ2n) is 8.55. The number of amides is 1. The van der Waals surface area contributed by atoms with Crippen LogP contribution in [0.4, 0.5) is 0 Å². The first-order valence-electron chi connectivity index (χ1n) is 11.6. The molecule has 6 heteroatoms. The van der Waals surface area contributed by atoms with Gasteiger partial charge in [0.2, 0.25) is 0 Å². The molecule has 1 aliphatic heterocycles. The summed E-state index contributed by atoms with van der Waals surface area (Å²) < 4.78 is 11.0. The maximum Gasteiger partial charge on any atom is 0.295 e. The molecule has 1 saturated heterocycles. The zero-order chi connectivity index (χ0) is 24.8. The molecule has 4 rings (SSSR count). The van der Waals surface area contributed by atoms with Crippen LogP contribution in [0.1, 0.15) is 34.7 Å². The number of aliphatic hydroxyl groups excluding tert-OH is 1. The Kier molecular flexibility index (Phi) is 7.63. The number of aryl methyl sites for hydroxylation is 1. The normalized spacial score (nSPS) is 17.1. The van der Waals surface area contributed by atoms with E-state index in [4.69, 9.17) is 9.47 Å². The van der Waals surface area contributed by atoms with E-state index in [0.717, 1.165) is 16.7 Å². The third kappa shape index (κ3) is 5.44. The van der Waals surface area contributed by atoms with Crippen LogP contribution < -0.4 is 4.74 Å². The molecule has 35 heavy (non-hydrogen) atoms. The van der Waals surface area contributed by atoms with Crippen molar-refractivity contribution >= 4 is 17.4 Å². The van der Waals surface area contributed by atoms with Gasteiger partial charge in [-0.1, -0.05) is 60.2 Å². The van der Waals surface area contributed by atoms with Crippen LogP contribution in [0, 0.1) is 6.92 Å². The Labute approximate surface area is 205 Å². The van der Waals surface area contributed by atoms with Gasteiger partial charge in [-0.25, -0.2) is 0 Å². The Hall–Kier alpha value is -3.90. The summed E-state index contributed by atoms with van der Waals surface area (Å²) in [4.78, 5) is 27.4. The topological polar surface area (TPSA) is 76.1 Å². The van der Waals surface area contributed by atoms with Gasteiger partial charge >= 0.3 is 0 Å². The number of nitrogens with zero attached hydrogens (tertiary/aromatic N) is 1. The maximum absolute atomic E-state index is 13.0. The lowest BCUT2D eigenvalue weighted by atomic mass is 9.95. The molecule has 0 spiro atoms. The number of carbonyl (C=O) groups excluding carboxylic acids is 2. The van der Waals surface area contributed by atoms with Gasteiger partial charge < -0.3 is 19.5 Å². The minimum atomic E-state index is -0.687. The molecule has 1 unspecified atom stereocenters. The van der Waals surface area contributed by atoms with E-state index >= 15 is 0 Å². The molecule has 0 saturated carbocycles. The number of benzene rings is 3. The number of rotatable bonds is 9. The standard InChI is InChI=1S/C29H29NO5/c1-20-8-6-9-21(18-20)19-35-24-14-12-23(13-15-24)27(31)25-26(22-10-4-3-5-11-22)30(16-7-17-34-2)29(33)28(25)32/h3-6,8-15,18,26,31H,7,16-17,19H2,1-2H3. The summed E-state index contributed by atoms with van der Waals surface area (Å²) in [6, 6.07) is 23.6. The van der Waals surface area contributed by atoms with Crippen LogP contribution in [0.15, 0.2) is 84.4 Å². The molecule has 1 aliphatic rings. The van der Waals surface area contributed by atoms with Crippen molar-refractivity contribution in [3.8, 4) is 5.75 Å². The molecule has 0 aromatic heterocycles. The van der Waals surface area contributed by atoms with Crippen molar-refractivity contribution < 1.29 is 24.2 Å². The van der Waals surface area contributed by atoms with Crippen molar-refractivity contribution in [3.05, 3.63) is 107 Å². The molecule has 3 aromatic carbocycles. The number of hydrogen-bond donors (Lipinski definition) is 1. The summed E-state index contributed by atoms with van der Waals surface area (Å²) in [7, 11) is 1.59. The summed E-state index contributed by atoms with van der Waals surface area (Å²) in [5, 5.41) is 11.2. The van der Waals surface area contributed by atoms with Gasteiger partial charge in [-0.15, -0.1) is 0 Å². The predicted octanol–water partition coefficient (Wildman–Crippen LogP) is 5.03. The average Bonchev–Trinajstić information content (AvgIpc) is 3.13. The first-order chi connectivity index (χ1) is 17.0. The minimum Gasteiger partial charge on any atom is -0.507 e. The van der Waals surface area contributed by atoms with Gasteiger partial charge in [-0.05, 0) is 48.7 Å². The summed E-state index contributed by atoms with van der Waals surface area (Å²) in [6.07, 6.45) is 0.583. The van der Waals surface area contributed by atoms with Crippen molar-refractivity contribution in [2.45, 2.75) is 26.0 Å². The van der Waals surface area contributed by atoms with Crippen molar-refractivity contribution in [2.24, 2.45) is 0 Å². The Morgan fingerprint density at radius 1 is 0.971 bits per heavy atom. The van der Waals surface area contributed by atoms with Crippen LogP contribution in [-0.4, -0.2) is 42.0 Å². The summed E-state index contributed by atoms with van der Waals surface area (Å²) in [5.41, 5.74) is 3.53.